The van der Waals surface area contributed by atoms with Crippen LogP contribution in [0.5, 0.6) is 0 Å². The molecule has 0 bridgehead atoms. The SMILES string of the molecule is CC[C@H]1N=C(OC)[C@@H]1CC. The molecule has 0 saturated carbocycles. The van der Waals surface area contributed by atoms with Crippen LogP contribution in [0.2, 0.25) is 0 Å². The summed E-state index contributed by atoms with van der Waals surface area (Å²) in [7, 11) is 1.70. The minimum Gasteiger partial charge on any atom is -0.484 e. The van der Waals surface area contributed by atoms with E-state index in [1.54, 1.807) is 7.11 Å². The summed E-state index contributed by atoms with van der Waals surface area (Å²) >= 11 is 0. The van der Waals surface area contributed by atoms with Gasteiger partial charge >= 0.3 is 0 Å². The Morgan fingerprint density at radius 2 is 2.10 bits per heavy atom. The number of rotatable bonds is 2. The molecule has 0 spiro atoms. The molecule has 0 aromatic carbocycles. The van der Waals surface area contributed by atoms with E-state index in [2.05, 4.69) is 18.8 Å². The zero-order valence-corrected chi connectivity index (χ0v) is 6.92. The van der Waals surface area contributed by atoms with Gasteiger partial charge in [0, 0.05) is 0 Å². The molecule has 2 nitrogen and oxygen atoms in total. The lowest BCUT2D eigenvalue weighted by Gasteiger charge is -2.31. The van der Waals surface area contributed by atoms with Crippen molar-refractivity contribution in [3.8, 4) is 0 Å². The normalized spacial score (nSPS) is 30.9. The average molecular weight is 141 g/mol. The first kappa shape index (κ1) is 7.58. The van der Waals surface area contributed by atoms with Crippen molar-refractivity contribution in [3.05, 3.63) is 0 Å². The van der Waals surface area contributed by atoms with E-state index in [0.717, 1.165) is 18.7 Å². The lowest BCUT2D eigenvalue weighted by Crippen LogP contribution is -2.37. The van der Waals surface area contributed by atoms with E-state index >= 15 is 0 Å². The molecule has 0 aliphatic carbocycles. The van der Waals surface area contributed by atoms with Crippen LogP contribution in [0.1, 0.15) is 26.7 Å². The molecule has 0 aromatic rings. The molecule has 1 rings (SSSR count). The molecule has 0 unspecified atom stereocenters. The highest BCUT2D eigenvalue weighted by molar-refractivity contribution is 5.84. The maximum atomic E-state index is 5.07. The van der Waals surface area contributed by atoms with Crippen molar-refractivity contribution in [1.29, 1.82) is 0 Å². The molecule has 10 heavy (non-hydrogen) atoms. The van der Waals surface area contributed by atoms with Crippen LogP contribution < -0.4 is 0 Å². The summed E-state index contributed by atoms with van der Waals surface area (Å²) in [5, 5.41) is 0. The highest BCUT2D eigenvalue weighted by Gasteiger charge is 2.32. The summed E-state index contributed by atoms with van der Waals surface area (Å²) in [6.45, 7) is 4.35. The highest BCUT2D eigenvalue weighted by Crippen LogP contribution is 2.26. The number of hydrogen-bond acceptors (Lipinski definition) is 2. The maximum Gasteiger partial charge on any atom is 0.188 e. The molecule has 0 aromatic heterocycles. The van der Waals surface area contributed by atoms with Crippen LogP contribution in [-0.4, -0.2) is 19.0 Å². The van der Waals surface area contributed by atoms with E-state index in [-0.39, 0.29) is 0 Å². The quantitative estimate of drug-likeness (QED) is 0.575. The van der Waals surface area contributed by atoms with E-state index in [0.29, 0.717) is 12.0 Å². The van der Waals surface area contributed by atoms with Gasteiger partial charge in [-0.15, -0.1) is 0 Å². The standard InChI is InChI=1S/C8H15NO/c1-4-6-7(5-2)9-8(6)10-3/h6-7H,4-5H2,1-3H3/t6-,7-/m1/s1. The third kappa shape index (κ3) is 1.02. The van der Waals surface area contributed by atoms with E-state index in [4.69, 9.17) is 4.74 Å². The average Bonchev–Trinajstić information content (AvgIpc) is 1.89. The minimum atomic E-state index is 0.542. The molecular weight excluding hydrogens is 126 g/mol. The van der Waals surface area contributed by atoms with E-state index < -0.39 is 0 Å². The predicted molar refractivity (Wildman–Crippen MR) is 42.3 cm³/mol. The summed E-state index contributed by atoms with van der Waals surface area (Å²) in [5.74, 6) is 1.56. The number of aliphatic imine (C=N–C) groups is 1. The molecule has 58 valence electrons. The van der Waals surface area contributed by atoms with Gasteiger partial charge in [-0.2, -0.15) is 0 Å². The second-order valence-corrected chi connectivity index (χ2v) is 2.66. The predicted octanol–water partition coefficient (Wildman–Crippen LogP) is 1.85. The molecule has 1 heterocycles. The summed E-state index contributed by atoms with van der Waals surface area (Å²) in [5.41, 5.74) is 0. The fraction of sp³-hybridized carbons (Fsp3) is 0.875. The van der Waals surface area contributed by atoms with Gasteiger partial charge < -0.3 is 4.74 Å². The Labute approximate surface area is 62.3 Å². The Morgan fingerprint density at radius 3 is 2.50 bits per heavy atom. The third-order valence-corrected chi connectivity index (χ3v) is 2.14. The molecule has 0 fully saturated rings. The summed E-state index contributed by atoms with van der Waals surface area (Å²) in [6, 6.07) is 0.542. The van der Waals surface area contributed by atoms with Gasteiger partial charge in [-0.25, -0.2) is 0 Å². The van der Waals surface area contributed by atoms with Crippen LogP contribution in [0.3, 0.4) is 0 Å². The van der Waals surface area contributed by atoms with Crippen molar-refractivity contribution in [2.45, 2.75) is 32.7 Å². The topological polar surface area (TPSA) is 21.6 Å². The molecule has 0 N–H and O–H groups in total. The first-order valence-corrected chi connectivity index (χ1v) is 3.95. The van der Waals surface area contributed by atoms with Gasteiger partial charge in [0.25, 0.3) is 0 Å². The summed E-state index contributed by atoms with van der Waals surface area (Å²) in [6.07, 6.45) is 2.30. The Hall–Kier alpha value is -0.530. The van der Waals surface area contributed by atoms with Crippen molar-refractivity contribution in [2.75, 3.05) is 7.11 Å². The zero-order chi connectivity index (χ0) is 7.56. The second-order valence-electron chi connectivity index (χ2n) is 2.66. The maximum absolute atomic E-state index is 5.07. The van der Waals surface area contributed by atoms with Gasteiger partial charge in [0.05, 0.1) is 19.1 Å². The largest absolute Gasteiger partial charge is 0.484 e. The number of ether oxygens (including phenoxy) is 1. The summed E-state index contributed by atoms with van der Waals surface area (Å²) in [4.78, 5) is 4.31. The molecule has 0 radical (unpaired) electrons. The van der Waals surface area contributed by atoms with Crippen LogP contribution in [0, 0.1) is 5.92 Å². The Morgan fingerprint density at radius 1 is 1.40 bits per heavy atom. The number of hydrogen-bond donors (Lipinski definition) is 0. The Balaban J connectivity index is 2.48. The van der Waals surface area contributed by atoms with Gasteiger partial charge in [0.15, 0.2) is 5.90 Å². The molecule has 1 aliphatic rings. The first-order valence-electron chi connectivity index (χ1n) is 3.95. The molecule has 0 saturated heterocycles. The molecular formula is C8H15NO. The van der Waals surface area contributed by atoms with E-state index in [1.165, 1.54) is 0 Å². The molecule has 2 atom stereocenters. The van der Waals surface area contributed by atoms with Crippen LogP contribution in [0.25, 0.3) is 0 Å². The van der Waals surface area contributed by atoms with Gasteiger partial charge in [-0.1, -0.05) is 13.8 Å². The first-order chi connectivity index (χ1) is 4.83. The van der Waals surface area contributed by atoms with E-state index in [9.17, 15) is 0 Å². The monoisotopic (exact) mass is 141 g/mol. The van der Waals surface area contributed by atoms with Crippen molar-refractivity contribution < 1.29 is 4.74 Å². The van der Waals surface area contributed by atoms with Crippen LogP contribution >= 0.6 is 0 Å². The lowest BCUT2D eigenvalue weighted by atomic mass is 9.90. The number of nitrogens with zero attached hydrogens (tertiary/aromatic N) is 1. The lowest BCUT2D eigenvalue weighted by molar-refractivity contribution is 0.296. The summed E-state index contributed by atoms with van der Waals surface area (Å²) < 4.78 is 5.07. The second kappa shape index (κ2) is 3.04. The fourth-order valence-electron chi connectivity index (χ4n) is 1.46. The van der Waals surface area contributed by atoms with Gasteiger partial charge in [0.2, 0.25) is 0 Å². The zero-order valence-electron chi connectivity index (χ0n) is 6.92. The third-order valence-electron chi connectivity index (χ3n) is 2.14. The van der Waals surface area contributed by atoms with Crippen molar-refractivity contribution >= 4 is 5.90 Å². The van der Waals surface area contributed by atoms with Crippen LogP contribution in [0.15, 0.2) is 4.99 Å². The van der Waals surface area contributed by atoms with Gasteiger partial charge in [-0.3, -0.25) is 4.99 Å². The molecule has 1 aliphatic heterocycles. The Kier molecular flexibility index (Phi) is 2.30. The highest BCUT2D eigenvalue weighted by atomic mass is 16.5. The van der Waals surface area contributed by atoms with Crippen molar-refractivity contribution in [2.24, 2.45) is 10.9 Å². The molecule has 2 heteroatoms. The number of methoxy groups -OCH3 is 1. The fourth-order valence-corrected chi connectivity index (χ4v) is 1.46. The Bertz CT molecular complexity index is 142. The van der Waals surface area contributed by atoms with Crippen LogP contribution in [0.4, 0.5) is 0 Å². The van der Waals surface area contributed by atoms with Gasteiger partial charge in [0.1, 0.15) is 0 Å². The van der Waals surface area contributed by atoms with Crippen LogP contribution in [-0.2, 0) is 4.74 Å². The van der Waals surface area contributed by atoms with Crippen molar-refractivity contribution in [1.82, 2.24) is 0 Å². The van der Waals surface area contributed by atoms with E-state index in [1.807, 2.05) is 0 Å². The van der Waals surface area contributed by atoms with Gasteiger partial charge in [-0.05, 0) is 12.8 Å². The smallest absolute Gasteiger partial charge is 0.188 e. The van der Waals surface area contributed by atoms with Crippen molar-refractivity contribution in [3.63, 3.8) is 0 Å². The minimum absolute atomic E-state index is 0.542. The molecule has 0 amide bonds.